The second-order valence-corrected chi connectivity index (χ2v) is 5.77. The van der Waals surface area contributed by atoms with Gasteiger partial charge in [0.05, 0.1) is 0 Å². The maximum atomic E-state index is 12.5. The number of carbonyl (C=O) groups excluding carboxylic acids is 1. The van der Waals surface area contributed by atoms with Crippen LogP contribution in [0.2, 0.25) is 0 Å². The van der Waals surface area contributed by atoms with Gasteiger partial charge >= 0.3 is 5.97 Å². The molecule has 0 aromatic rings. The lowest BCUT2D eigenvalue weighted by atomic mass is 10.1. The third kappa shape index (κ3) is 6.04. The molecule has 5 nitrogen and oxygen atoms in total. The standard InChI is InChI=1S/C16H29NO4/c1-3-5-7-11-17(12-8-6-4-2)15(18)13-9-10-14(21-13)16(19)20/h13-14H,3-12H2,1-2H3,(H,19,20)/t13-,14+/m0/s1. The van der Waals surface area contributed by atoms with Gasteiger partial charge in [0, 0.05) is 13.1 Å². The molecule has 0 aromatic carbocycles. The van der Waals surface area contributed by atoms with Gasteiger partial charge in [0.15, 0.2) is 6.10 Å². The number of carbonyl (C=O) groups is 2. The number of hydrogen-bond donors (Lipinski definition) is 1. The maximum absolute atomic E-state index is 12.5. The number of nitrogens with zero attached hydrogens (tertiary/aromatic N) is 1. The Morgan fingerprint density at radius 2 is 1.52 bits per heavy atom. The number of amides is 1. The fourth-order valence-corrected chi connectivity index (χ4v) is 2.64. The monoisotopic (exact) mass is 299 g/mol. The van der Waals surface area contributed by atoms with E-state index >= 15 is 0 Å². The van der Waals surface area contributed by atoms with Gasteiger partial charge in [-0.1, -0.05) is 39.5 Å². The Morgan fingerprint density at radius 1 is 1.00 bits per heavy atom. The van der Waals surface area contributed by atoms with Gasteiger partial charge in [0.25, 0.3) is 5.91 Å². The molecule has 5 heteroatoms. The van der Waals surface area contributed by atoms with Crippen LogP contribution in [0.5, 0.6) is 0 Å². The molecule has 0 aliphatic carbocycles. The lowest BCUT2D eigenvalue weighted by molar-refractivity contribution is -0.154. The summed E-state index contributed by atoms with van der Waals surface area (Å²) >= 11 is 0. The first kappa shape index (κ1) is 18.0. The van der Waals surface area contributed by atoms with Crippen LogP contribution in [0.3, 0.4) is 0 Å². The number of aliphatic carboxylic acids is 1. The minimum Gasteiger partial charge on any atom is -0.479 e. The molecule has 1 aliphatic heterocycles. The van der Waals surface area contributed by atoms with Crippen molar-refractivity contribution in [1.29, 1.82) is 0 Å². The molecule has 1 fully saturated rings. The molecule has 1 heterocycles. The SMILES string of the molecule is CCCCCN(CCCCC)C(=O)[C@@H]1CC[C@H](C(=O)O)O1. The molecule has 0 radical (unpaired) electrons. The average Bonchev–Trinajstić information content (AvgIpc) is 2.95. The zero-order valence-electron chi connectivity index (χ0n) is 13.3. The van der Waals surface area contributed by atoms with Crippen LogP contribution in [0.15, 0.2) is 0 Å². The van der Waals surface area contributed by atoms with Gasteiger partial charge in [-0.3, -0.25) is 4.79 Å². The quantitative estimate of drug-likeness (QED) is 0.630. The van der Waals surface area contributed by atoms with Crippen LogP contribution in [0.25, 0.3) is 0 Å². The second kappa shape index (κ2) is 9.77. The summed E-state index contributed by atoms with van der Waals surface area (Å²) in [5, 5.41) is 8.95. The maximum Gasteiger partial charge on any atom is 0.332 e. The Balaban J connectivity index is 2.50. The van der Waals surface area contributed by atoms with Gasteiger partial charge in [-0.15, -0.1) is 0 Å². The number of ether oxygens (including phenoxy) is 1. The van der Waals surface area contributed by atoms with Gasteiger partial charge < -0.3 is 14.7 Å². The molecule has 2 atom stereocenters. The summed E-state index contributed by atoms with van der Waals surface area (Å²) in [6.07, 6.45) is 6.06. The molecule has 0 aromatic heterocycles. The average molecular weight is 299 g/mol. The van der Waals surface area contributed by atoms with Gasteiger partial charge in [-0.05, 0) is 25.7 Å². The highest BCUT2D eigenvalue weighted by molar-refractivity contribution is 5.82. The Labute approximate surface area is 127 Å². The first-order valence-corrected chi connectivity index (χ1v) is 8.27. The highest BCUT2D eigenvalue weighted by atomic mass is 16.5. The van der Waals surface area contributed by atoms with Crippen LogP contribution in [-0.2, 0) is 14.3 Å². The molecule has 1 rings (SSSR count). The highest BCUT2D eigenvalue weighted by Gasteiger charge is 2.36. The topological polar surface area (TPSA) is 66.8 Å². The number of hydrogen-bond acceptors (Lipinski definition) is 3. The molecular formula is C16H29NO4. The smallest absolute Gasteiger partial charge is 0.332 e. The largest absolute Gasteiger partial charge is 0.479 e. The Morgan fingerprint density at radius 3 is 1.95 bits per heavy atom. The molecule has 0 unspecified atom stereocenters. The van der Waals surface area contributed by atoms with Crippen LogP contribution in [0, 0.1) is 0 Å². The van der Waals surface area contributed by atoms with E-state index in [4.69, 9.17) is 9.84 Å². The molecule has 1 aliphatic rings. The molecule has 0 saturated carbocycles. The summed E-state index contributed by atoms with van der Waals surface area (Å²) in [7, 11) is 0. The zero-order chi connectivity index (χ0) is 15.7. The van der Waals surface area contributed by atoms with Crippen LogP contribution in [-0.4, -0.2) is 47.2 Å². The van der Waals surface area contributed by atoms with Crippen molar-refractivity contribution in [1.82, 2.24) is 4.90 Å². The van der Waals surface area contributed by atoms with Crippen molar-refractivity contribution >= 4 is 11.9 Å². The summed E-state index contributed by atoms with van der Waals surface area (Å²) in [4.78, 5) is 25.3. The van der Waals surface area contributed by atoms with Crippen LogP contribution < -0.4 is 0 Å². The van der Waals surface area contributed by atoms with E-state index in [1.54, 1.807) is 0 Å². The fourth-order valence-electron chi connectivity index (χ4n) is 2.64. The van der Waals surface area contributed by atoms with Crippen molar-refractivity contribution in [3.63, 3.8) is 0 Å². The molecule has 1 N–H and O–H groups in total. The zero-order valence-corrected chi connectivity index (χ0v) is 13.3. The van der Waals surface area contributed by atoms with Gasteiger partial charge in [-0.25, -0.2) is 4.79 Å². The van der Waals surface area contributed by atoms with Crippen molar-refractivity contribution in [3.05, 3.63) is 0 Å². The Kier molecular flexibility index (Phi) is 8.35. The lowest BCUT2D eigenvalue weighted by Crippen LogP contribution is -2.41. The third-order valence-corrected chi connectivity index (χ3v) is 3.95. The number of carboxylic acids is 1. The van der Waals surface area contributed by atoms with E-state index in [0.717, 1.165) is 51.6 Å². The van der Waals surface area contributed by atoms with Crippen molar-refractivity contribution < 1.29 is 19.4 Å². The summed E-state index contributed by atoms with van der Waals surface area (Å²) in [5.41, 5.74) is 0. The van der Waals surface area contributed by atoms with Crippen molar-refractivity contribution in [2.24, 2.45) is 0 Å². The van der Waals surface area contributed by atoms with E-state index in [2.05, 4.69) is 13.8 Å². The predicted molar refractivity (Wildman–Crippen MR) is 81.2 cm³/mol. The Bertz CT molecular complexity index is 322. The van der Waals surface area contributed by atoms with Crippen LogP contribution in [0.1, 0.15) is 65.2 Å². The molecular weight excluding hydrogens is 270 g/mol. The van der Waals surface area contributed by atoms with E-state index in [1.165, 1.54) is 0 Å². The first-order valence-electron chi connectivity index (χ1n) is 8.27. The van der Waals surface area contributed by atoms with E-state index < -0.39 is 18.2 Å². The van der Waals surface area contributed by atoms with Crippen molar-refractivity contribution in [3.8, 4) is 0 Å². The molecule has 0 spiro atoms. The van der Waals surface area contributed by atoms with Gasteiger partial charge in [0.1, 0.15) is 6.10 Å². The number of unbranched alkanes of at least 4 members (excludes halogenated alkanes) is 4. The number of rotatable bonds is 10. The molecule has 1 saturated heterocycles. The van der Waals surface area contributed by atoms with Crippen molar-refractivity contribution in [2.45, 2.75) is 77.4 Å². The number of carboxylic acid groups (broad SMARTS) is 1. The molecule has 122 valence electrons. The Hall–Kier alpha value is -1.10. The minimum atomic E-state index is -0.964. The van der Waals surface area contributed by atoms with Crippen LogP contribution >= 0.6 is 0 Å². The van der Waals surface area contributed by atoms with E-state index in [0.29, 0.717) is 12.8 Å². The molecule has 21 heavy (non-hydrogen) atoms. The summed E-state index contributed by atoms with van der Waals surface area (Å²) in [6, 6.07) is 0. The van der Waals surface area contributed by atoms with Crippen molar-refractivity contribution in [2.75, 3.05) is 13.1 Å². The summed E-state index contributed by atoms with van der Waals surface area (Å²) in [5.74, 6) is -0.986. The van der Waals surface area contributed by atoms with Crippen LogP contribution in [0.4, 0.5) is 0 Å². The lowest BCUT2D eigenvalue weighted by Gasteiger charge is -2.25. The van der Waals surface area contributed by atoms with Gasteiger partial charge in [-0.2, -0.15) is 0 Å². The van der Waals surface area contributed by atoms with E-state index in [9.17, 15) is 9.59 Å². The summed E-state index contributed by atoms with van der Waals surface area (Å²) in [6.45, 7) is 5.80. The highest BCUT2D eigenvalue weighted by Crippen LogP contribution is 2.22. The molecule has 0 bridgehead atoms. The molecule has 1 amide bonds. The van der Waals surface area contributed by atoms with E-state index in [-0.39, 0.29) is 5.91 Å². The summed E-state index contributed by atoms with van der Waals surface area (Å²) < 4.78 is 5.39. The second-order valence-electron chi connectivity index (χ2n) is 5.77. The normalized spacial score (nSPS) is 21.4. The third-order valence-electron chi connectivity index (χ3n) is 3.95. The van der Waals surface area contributed by atoms with Gasteiger partial charge in [0.2, 0.25) is 0 Å². The fraction of sp³-hybridized carbons (Fsp3) is 0.875. The minimum absolute atomic E-state index is 0.0223. The van der Waals surface area contributed by atoms with E-state index in [1.807, 2.05) is 4.90 Å². The predicted octanol–water partition coefficient (Wildman–Crippen LogP) is 2.83. The first-order chi connectivity index (χ1) is 10.1.